The van der Waals surface area contributed by atoms with Gasteiger partial charge in [-0.05, 0) is 6.07 Å². The van der Waals surface area contributed by atoms with E-state index >= 15 is 0 Å². The maximum Gasteiger partial charge on any atom is 0.221 e. The van der Waals surface area contributed by atoms with Crippen LogP contribution in [-0.2, 0) is 4.79 Å². The molecule has 0 radical (unpaired) electrons. The average Bonchev–Trinajstić information content (AvgIpc) is 2.25. The van der Waals surface area contributed by atoms with Crippen LogP contribution >= 0.6 is 11.6 Å². The van der Waals surface area contributed by atoms with Gasteiger partial charge in [0.2, 0.25) is 5.91 Å². The Balaban J connectivity index is 2.65. The van der Waals surface area contributed by atoms with Crippen LogP contribution in [0.1, 0.15) is 6.42 Å². The molecule has 0 aliphatic carbocycles. The predicted molar refractivity (Wildman–Crippen MR) is 65.6 cm³/mol. The molecular weight excluding hydrogens is 228 g/mol. The van der Waals surface area contributed by atoms with Gasteiger partial charge in [-0.3, -0.25) is 4.79 Å². The molecular formula is C10H15ClN4O. The van der Waals surface area contributed by atoms with Crippen LogP contribution in [0.3, 0.4) is 0 Å². The zero-order valence-electron chi connectivity index (χ0n) is 9.33. The van der Waals surface area contributed by atoms with Crippen molar-refractivity contribution in [3.05, 3.63) is 17.3 Å². The molecule has 88 valence electrons. The summed E-state index contributed by atoms with van der Waals surface area (Å²) in [6.45, 7) is 0.552. The highest BCUT2D eigenvalue weighted by atomic mass is 35.5. The smallest absolute Gasteiger partial charge is 0.221 e. The molecule has 16 heavy (non-hydrogen) atoms. The van der Waals surface area contributed by atoms with E-state index in [9.17, 15) is 4.79 Å². The van der Waals surface area contributed by atoms with Gasteiger partial charge in [-0.25, -0.2) is 4.98 Å². The number of carbonyl (C=O) groups excluding carboxylic acids is 1. The summed E-state index contributed by atoms with van der Waals surface area (Å²) in [7, 11) is 3.43. The summed E-state index contributed by atoms with van der Waals surface area (Å²) < 4.78 is 0. The lowest BCUT2D eigenvalue weighted by molar-refractivity contribution is -0.120. The number of anilines is 2. The van der Waals surface area contributed by atoms with Gasteiger partial charge in [-0.15, -0.1) is 0 Å². The quantitative estimate of drug-likeness (QED) is 0.823. The summed E-state index contributed by atoms with van der Waals surface area (Å²) in [5.74, 6) is 0.609. The number of carbonyl (C=O) groups is 1. The maximum atomic E-state index is 11.1. The van der Waals surface area contributed by atoms with Crippen LogP contribution in [0.5, 0.6) is 0 Å². The molecule has 0 saturated carbocycles. The third-order valence-electron chi connectivity index (χ3n) is 2.16. The second-order valence-electron chi connectivity index (χ2n) is 3.42. The molecule has 0 saturated heterocycles. The highest BCUT2D eigenvalue weighted by molar-refractivity contribution is 6.33. The first-order valence-corrected chi connectivity index (χ1v) is 5.25. The van der Waals surface area contributed by atoms with Crippen molar-refractivity contribution in [3.8, 4) is 0 Å². The Morgan fingerprint density at radius 1 is 1.69 bits per heavy atom. The molecule has 3 N–H and O–H groups in total. The van der Waals surface area contributed by atoms with E-state index in [4.69, 9.17) is 17.3 Å². The number of aromatic nitrogens is 1. The largest absolute Gasteiger partial charge is 0.397 e. The summed E-state index contributed by atoms with van der Waals surface area (Å²) in [6.07, 6.45) is 1.94. The number of amides is 1. The van der Waals surface area contributed by atoms with E-state index in [-0.39, 0.29) is 5.91 Å². The molecule has 0 atom stereocenters. The van der Waals surface area contributed by atoms with Crippen molar-refractivity contribution in [1.82, 2.24) is 10.3 Å². The minimum absolute atomic E-state index is 0.0154. The second-order valence-corrected chi connectivity index (χ2v) is 3.83. The molecule has 5 nitrogen and oxygen atoms in total. The fourth-order valence-electron chi connectivity index (χ4n) is 1.23. The minimum atomic E-state index is -0.0154. The van der Waals surface area contributed by atoms with Gasteiger partial charge in [-0.1, -0.05) is 11.6 Å². The minimum Gasteiger partial charge on any atom is -0.397 e. The number of halogens is 1. The summed E-state index contributed by atoms with van der Waals surface area (Å²) in [6, 6.07) is 1.64. The van der Waals surface area contributed by atoms with E-state index in [0.29, 0.717) is 29.5 Å². The van der Waals surface area contributed by atoms with Crippen LogP contribution in [0.2, 0.25) is 5.02 Å². The number of nitrogens with zero attached hydrogens (tertiary/aromatic N) is 2. The number of nitrogens with two attached hydrogens (primary N) is 1. The van der Waals surface area contributed by atoms with Gasteiger partial charge >= 0.3 is 0 Å². The predicted octanol–water partition coefficient (Wildman–Crippen LogP) is 0.890. The van der Waals surface area contributed by atoms with Crippen LogP contribution in [0, 0.1) is 0 Å². The molecule has 0 spiro atoms. The first-order chi connectivity index (χ1) is 7.54. The first-order valence-electron chi connectivity index (χ1n) is 4.87. The topological polar surface area (TPSA) is 71.2 Å². The molecule has 1 aromatic rings. The summed E-state index contributed by atoms with van der Waals surface area (Å²) in [4.78, 5) is 17.0. The van der Waals surface area contributed by atoms with Gasteiger partial charge in [0.15, 0.2) is 0 Å². The third-order valence-corrected chi connectivity index (χ3v) is 2.44. The standard InChI is InChI=1S/C10H15ClN4O/c1-13-9(16)3-4-15(2)10-8(11)5-7(12)6-14-10/h5-6H,3-4,12H2,1-2H3,(H,13,16). The maximum absolute atomic E-state index is 11.1. The monoisotopic (exact) mass is 242 g/mol. The Bertz CT molecular complexity index is 383. The molecule has 1 aromatic heterocycles. The van der Waals surface area contributed by atoms with Crippen molar-refractivity contribution in [2.24, 2.45) is 0 Å². The lowest BCUT2D eigenvalue weighted by Gasteiger charge is -2.18. The highest BCUT2D eigenvalue weighted by Gasteiger charge is 2.09. The van der Waals surface area contributed by atoms with E-state index in [2.05, 4.69) is 10.3 Å². The molecule has 1 amide bonds. The SMILES string of the molecule is CNC(=O)CCN(C)c1ncc(N)cc1Cl. The molecule has 0 aromatic carbocycles. The lowest BCUT2D eigenvalue weighted by atomic mass is 10.3. The van der Waals surface area contributed by atoms with Crippen molar-refractivity contribution in [1.29, 1.82) is 0 Å². The molecule has 0 unspecified atom stereocenters. The Morgan fingerprint density at radius 2 is 2.38 bits per heavy atom. The molecule has 1 rings (SSSR count). The van der Waals surface area contributed by atoms with Crippen LogP contribution in [0.15, 0.2) is 12.3 Å². The third kappa shape index (κ3) is 3.27. The van der Waals surface area contributed by atoms with Crippen molar-refractivity contribution < 1.29 is 4.79 Å². The molecule has 6 heteroatoms. The number of rotatable bonds is 4. The lowest BCUT2D eigenvalue weighted by Crippen LogP contribution is -2.27. The van der Waals surface area contributed by atoms with Crippen molar-refractivity contribution in [3.63, 3.8) is 0 Å². The first kappa shape index (κ1) is 12.6. The molecule has 0 aliphatic rings. The van der Waals surface area contributed by atoms with E-state index in [0.717, 1.165) is 0 Å². The van der Waals surface area contributed by atoms with Crippen LogP contribution in [0.25, 0.3) is 0 Å². The fraction of sp³-hybridized carbons (Fsp3) is 0.400. The van der Waals surface area contributed by atoms with Crippen molar-refractivity contribution in [2.75, 3.05) is 31.3 Å². The second kappa shape index (κ2) is 5.55. The van der Waals surface area contributed by atoms with E-state index in [1.54, 1.807) is 13.1 Å². The molecule has 1 heterocycles. The Labute approximate surface area is 99.6 Å². The van der Waals surface area contributed by atoms with Crippen molar-refractivity contribution >= 4 is 29.0 Å². The summed E-state index contributed by atoms with van der Waals surface area (Å²) >= 11 is 5.99. The van der Waals surface area contributed by atoms with Gasteiger partial charge in [-0.2, -0.15) is 0 Å². The zero-order chi connectivity index (χ0) is 12.1. The summed E-state index contributed by atoms with van der Waals surface area (Å²) in [5.41, 5.74) is 6.06. The van der Waals surface area contributed by atoms with Crippen molar-refractivity contribution in [2.45, 2.75) is 6.42 Å². The van der Waals surface area contributed by atoms with Gasteiger partial charge in [0.25, 0.3) is 0 Å². The number of pyridine rings is 1. The van der Waals surface area contributed by atoms with E-state index < -0.39 is 0 Å². The van der Waals surface area contributed by atoms with Gasteiger partial charge < -0.3 is 16.0 Å². The van der Waals surface area contributed by atoms with Crippen LogP contribution in [0.4, 0.5) is 11.5 Å². The summed E-state index contributed by atoms with van der Waals surface area (Å²) in [5, 5.41) is 3.04. The molecule has 0 fully saturated rings. The Morgan fingerprint density at radius 3 is 2.94 bits per heavy atom. The number of hydrogen-bond donors (Lipinski definition) is 2. The van der Waals surface area contributed by atoms with Gasteiger partial charge in [0, 0.05) is 27.1 Å². The Hall–Kier alpha value is -1.49. The Kier molecular flexibility index (Phi) is 4.37. The average molecular weight is 243 g/mol. The molecule has 0 aliphatic heterocycles. The molecule has 0 bridgehead atoms. The highest BCUT2D eigenvalue weighted by Crippen LogP contribution is 2.23. The van der Waals surface area contributed by atoms with Crippen LogP contribution < -0.4 is 16.0 Å². The number of nitrogen functional groups attached to an aromatic ring is 1. The normalized spacial score (nSPS) is 9.94. The number of hydrogen-bond acceptors (Lipinski definition) is 4. The van der Waals surface area contributed by atoms with E-state index in [1.165, 1.54) is 6.20 Å². The zero-order valence-corrected chi connectivity index (χ0v) is 10.1. The van der Waals surface area contributed by atoms with Gasteiger partial charge in [0.05, 0.1) is 16.9 Å². The number of nitrogens with one attached hydrogen (secondary N) is 1. The fourth-order valence-corrected chi connectivity index (χ4v) is 1.55. The van der Waals surface area contributed by atoms with Gasteiger partial charge in [0.1, 0.15) is 5.82 Å². The van der Waals surface area contributed by atoms with E-state index in [1.807, 2.05) is 11.9 Å². The van der Waals surface area contributed by atoms with Crippen LogP contribution in [-0.4, -0.2) is 31.5 Å².